The standard InChI is InChI=1S/C24H21N5O/c1-3-15-5-4-14(2)19(8-15)21-9-17-11-25-22(29-24(30)16-6-7-16)10-20(17)23(28-21)18-12-26-27-13-18/h3-5,8-13,16H,1,6-7H2,2H3,(H,26,27)(H,25,29,30). The maximum absolute atomic E-state index is 12.2. The Bertz CT molecular complexity index is 1270. The van der Waals surface area contributed by atoms with Crippen molar-refractivity contribution < 1.29 is 4.79 Å². The number of pyridine rings is 2. The number of benzene rings is 1. The van der Waals surface area contributed by atoms with E-state index < -0.39 is 0 Å². The van der Waals surface area contributed by atoms with Crippen LogP contribution in [0.4, 0.5) is 5.82 Å². The van der Waals surface area contributed by atoms with E-state index in [9.17, 15) is 4.79 Å². The zero-order chi connectivity index (χ0) is 20.7. The number of carbonyl (C=O) groups is 1. The molecule has 0 unspecified atom stereocenters. The predicted octanol–water partition coefficient (Wildman–Crippen LogP) is 4.99. The first kappa shape index (κ1) is 18.2. The predicted molar refractivity (Wildman–Crippen MR) is 119 cm³/mol. The van der Waals surface area contributed by atoms with Crippen LogP contribution in [-0.2, 0) is 4.79 Å². The fourth-order valence-corrected chi connectivity index (χ4v) is 3.57. The molecule has 1 amide bonds. The maximum Gasteiger partial charge on any atom is 0.228 e. The quantitative estimate of drug-likeness (QED) is 0.499. The zero-order valence-electron chi connectivity index (χ0n) is 16.6. The van der Waals surface area contributed by atoms with Crippen molar-refractivity contribution in [2.24, 2.45) is 5.92 Å². The van der Waals surface area contributed by atoms with Crippen molar-refractivity contribution in [1.29, 1.82) is 0 Å². The van der Waals surface area contributed by atoms with E-state index in [1.807, 2.05) is 30.5 Å². The summed E-state index contributed by atoms with van der Waals surface area (Å²) < 4.78 is 0. The number of amides is 1. The minimum atomic E-state index is 0.0353. The molecule has 6 nitrogen and oxygen atoms in total. The number of nitrogens with zero attached hydrogens (tertiary/aromatic N) is 3. The summed E-state index contributed by atoms with van der Waals surface area (Å²) in [5, 5.41) is 11.7. The van der Waals surface area contributed by atoms with Crippen LogP contribution in [0, 0.1) is 12.8 Å². The van der Waals surface area contributed by atoms with Crippen LogP contribution in [0.25, 0.3) is 39.4 Å². The first-order valence-corrected chi connectivity index (χ1v) is 9.96. The minimum absolute atomic E-state index is 0.0353. The lowest BCUT2D eigenvalue weighted by molar-refractivity contribution is -0.117. The molecule has 0 aliphatic heterocycles. The number of fused-ring (bicyclic) bond motifs is 1. The van der Waals surface area contributed by atoms with Crippen LogP contribution in [0.5, 0.6) is 0 Å². The third-order valence-corrected chi connectivity index (χ3v) is 5.46. The van der Waals surface area contributed by atoms with Gasteiger partial charge >= 0.3 is 0 Å². The smallest absolute Gasteiger partial charge is 0.228 e. The van der Waals surface area contributed by atoms with Gasteiger partial charge in [-0.05, 0) is 49.1 Å². The van der Waals surface area contributed by atoms with E-state index >= 15 is 0 Å². The van der Waals surface area contributed by atoms with Crippen molar-refractivity contribution in [3.05, 3.63) is 66.6 Å². The molecule has 148 valence electrons. The van der Waals surface area contributed by atoms with Crippen LogP contribution in [0.3, 0.4) is 0 Å². The van der Waals surface area contributed by atoms with Crippen molar-refractivity contribution in [2.75, 3.05) is 5.32 Å². The highest BCUT2D eigenvalue weighted by atomic mass is 16.2. The van der Waals surface area contributed by atoms with Gasteiger partial charge in [-0.15, -0.1) is 0 Å². The molecule has 3 aromatic heterocycles. The van der Waals surface area contributed by atoms with Crippen LogP contribution in [0.15, 0.2) is 55.5 Å². The number of aryl methyl sites for hydroxylation is 1. The monoisotopic (exact) mass is 395 g/mol. The Hall–Kier alpha value is -3.80. The lowest BCUT2D eigenvalue weighted by Crippen LogP contribution is -2.14. The Kier molecular flexibility index (Phi) is 4.39. The van der Waals surface area contributed by atoms with E-state index in [2.05, 4.69) is 46.1 Å². The lowest BCUT2D eigenvalue weighted by Gasteiger charge is -2.12. The Labute approximate surface area is 174 Å². The molecular formula is C24H21N5O. The van der Waals surface area contributed by atoms with Gasteiger partial charge in [-0.1, -0.05) is 24.8 Å². The largest absolute Gasteiger partial charge is 0.310 e. The van der Waals surface area contributed by atoms with Crippen molar-refractivity contribution in [2.45, 2.75) is 19.8 Å². The van der Waals surface area contributed by atoms with Gasteiger partial charge in [0.15, 0.2) is 0 Å². The van der Waals surface area contributed by atoms with Gasteiger partial charge in [-0.3, -0.25) is 9.89 Å². The van der Waals surface area contributed by atoms with E-state index in [0.29, 0.717) is 5.82 Å². The van der Waals surface area contributed by atoms with Crippen molar-refractivity contribution in [1.82, 2.24) is 20.2 Å². The van der Waals surface area contributed by atoms with Gasteiger partial charge in [-0.25, -0.2) is 9.97 Å². The third-order valence-electron chi connectivity index (χ3n) is 5.46. The van der Waals surface area contributed by atoms with Gasteiger partial charge in [0.25, 0.3) is 0 Å². The van der Waals surface area contributed by atoms with Gasteiger partial charge < -0.3 is 5.32 Å². The van der Waals surface area contributed by atoms with E-state index in [1.54, 1.807) is 12.4 Å². The summed E-state index contributed by atoms with van der Waals surface area (Å²) in [4.78, 5) is 21.6. The van der Waals surface area contributed by atoms with Crippen LogP contribution in [-0.4, -0.2) is 26.1 Å². The number of nitrogens with one attached hydrogen (secondary N) is 2. The van der Waals surface area contributed by atoms with Crippen LogP contribution < -0.4 is 5.32 Å². The number of H-pyrrole nitrogens is 1. The fraction of sp³-hybridized carbons (Fsp3) is 0.167. The van der Waals surface area contributed by atoms with E-state index in [4.69, 9.17) is 4.98 Å². The number of carbonyl (C=O) groups excluding carboxylic acids is 1. The van der Waals surface area contributed by atoms with E-state index in [1.165, 1.54) is 0 Å². The molecule has 4 aromatic rings. The molecule has 0 atom stereocenters. The van der Waals surface area contributed by atoms with Crippen LogP contribution in [0.2, 0.25) is 0 Å². The molecule has 1 aliphatic carbocycles. The first-order chi connectivity index (χ1) is 14.6. The molecular weight excluding hydrogens is 374 g/mol. The number of hydrogen-bond acceptors (Lipinski definition) is 4. The molecule has 0 radical (unpaired) electrons. The second-order valence-corrected chi connectivity index (χ2v) is 7.68. The highest BCUT2D eigenvalue weighted by Crippen LogP contribution is 2.34. The van der Waals surface area contributed by atoms with Crippen LogP contribution >= 0.6 is 0 Å². The normalized spacial score (nSPS) is 13.4. The van der Waals surface area contributed by atoms with Crippen molar-refractivity contribution >= 4 is 28.6 Å². The minimum Gasteiger partial charge on any atom is -0.310 e. The van der Waals surface area contributed by atoms with Gasteiger partial charge in [-0.2, -0.15) is 5.10 Å². The topological polar surface area (TPSA) is 83.6 Å². The number of rotatable bonds is 5. The fourth-order valence-electron chi connectivity index (χ4n) is 3.57. The average molecular weight is 395 g/mol. The summed E-state index contributed by atoms with van der Waals surface area (Å²) in [5.74, 6) is 0.702. The first-order valence-electron chi connectivity index (χ1n) is 9.96. The number of hydrogen-bond donors (Lipinski definition) is 2. The average Bonchev–Trinajstić information content (AvgIpc) is 3.48. The second-order valence-electron chi connectivity index (χ2n) is 7.68. The van der Waals surface area contributed by atoms with Crippen molar-refractivity contribution in [3.63, 3.8) is 0 Å². The molecule has 0 saturated heterocycles. The molecule has 1 saturated carbocycles. The SMILES string of the molecule is C=Cc1ccc(C)c(-c2cc3cnc(NC(=O)C4CC4)cc3c(-c3cn[nH]c3)n2)c1. The van der Waals surface area contributed by atoms with E-state index in [-0.39, 0.29) is 11.8 Å². The number of aromatic amines is 1. The van der Waals surface area contributed by atoms with Crippen molar-refractivity contribution in [3.8, 4) is 22.5 Å². The molecule has 1 aliphatic rings. The molecule has 2 N–H and O–H groups in total. The molecule has 0 spiro atoms. The van der Waals surface area contributed by atoms with E-state index in [0.717, 1.165) is 57.3 Å². The van der Waals surface area contributed by atoms with Gasteiger partial charge in [0.1, 0.15) is 5.82 Å². The van der Waals surface area contributed by atoms with Crippen LogP contribution in [0.1, 0.15) is 24.0 Å². The Morgan fingerprint density at radius 2 is 2.10 bits per heavy atom. The Morgan fingerprint density at radius 3 is 2.83 bits per heavy atom. The summed E-state index contributed by atoms with van der Waals surface area (Å²) in [6.45, 7) is 5.95. The molecule has 6 heteroatoms. The number of anilines is 1. The van der Waals surface area contributed by atoms with Gasteiger partial charge in [0.2, 0.25) is 5.91 Å². The summed E-state index contributed by atoms with van der Waals surface area (Å²) in [5.41, 5.74) is 5.75. The Morgan fingerprint density at radius 1 is 1.23 bits per heavy atom. The molecule has 1 fully saturated rings. The second kappa shape index (κ2) is 7.22. The highest BCUT2D eigenvalue weighted by Gasteiger charge is 2.29. The summed E-state index contributed by atoms with van der Waals surface area (Å²) in [6, 6.07) is 10.1. The highest BCUT2D eigenvalue weighted by molar-refractivity contribution is 6.00. The zero-order valence-corrected chi connectivity index (χ0v) is 16.6. The summed E-state index contributed by atoms with van der Waals surface area (Å²) >= 11 is 0. The molecule has 30 heavy (non-hydrogen) atoms. The molecule has 5 rings (SSSR count). The lowest BCUT2D eigenvalue weighted by atomic mass is 9.99. The third kappa shape index (κ3) is 3.37. The van der Waals surface area contributed by atoms with Gasteiger partial charge in [0.05, 0.1) is 17.6 Å². The Balaban J connectivity index is 1.67. The summed E-state index contributed by atoms with van der Waals surface area (Å²) in [6.07, 6.45) is 9.10. The molecule has 3 heterocycles. The molecule has 1 aromatic carbocycles. The molecule has 0 bridgehead atoms. The summed E-state index contributed by atoms with van der Waals surface area (Å²) in [7, 11) is 0. The number of aromatic nitrogens is 4. The maximum atomic E-state index is 12.2. The van der Waals surface area contributed by atoms with Gasteiger partial charge in [0, 0.05) is 40.2 Å².